The molecule has 0 amide bonds. The number of hydrogen-bond donors (Lipinski definition) is 3. The van der Waals surface area contributed by atoms with Gasteiger partial charge in [0.15, 0.2) is 5.65 Å². The molecule has 2 aromatic heterocycles. The molecule has 37 heavy (non-hydrogen) atoms. The molecular weight excluding hydrogens is 496 g/mol. The van der Waals surface area contributed by atoms with Crippen molar-refractivity contribution in [1.82, 2.24) is 25.1 Å². The Morgan fingerprint density at radius 3 is 2.38 bits per heavy atom. The van der Waals surface area contributed by atoms with Crippen molar-refractivity contribution in [3.63, 3.8) is 0 Å². The van der Waals surface area contributed by atoms with Crippen molar-refractivity contribution in [2.75, 3.05) is 44.4 Å². The summed E-state index contributed by atoms with van der Waals surface area (Å²) in [4.78, 5) is 23.4. The zero-order valence-electron chi connectivity index (χ0n) is 21.7. The number of aromatic nitrogens is 4. The predicted octanol–water partition coefficient (Wildman–Crippen LogP) is 2.68. The minimum atomic E-state index is -3.67. The Kier molecular flexibility index (Phi) is 8.50. The van der Waals surface area contributed by atoms with Crippen LogP contribution in [0, 0.1) is 0 Å². The van der Waals surface area contributed by atoms with Crippen LogP contribution in [0.15, 0.2) is 23.0 Å². The van der Waals surface area contributed by atoms with Crippen molar-refractivity contribution < 1.29 is 17.7 Å². The van der Waals surface area contributed by atoms with Gasteiger partial charge < -0.3 is 19.9 Å². The molecule has 1 aliphatic carbocycles. The number of H-pyrrole nitrogens is 1. The normalized spacial score (nSPS) is 17.2. The van der Waals surface area contributed by atoms with Crippen molar-refractivity contribution in [3.05, 3.63) is 34.2 Å². The Morgan fingerprint density at radius 2 is 1.76 bits per heavy atom. The fraction of sp³-hybridized carbons (Fsp3) is 0.560. The van der Waals surface area contributed by atoms with E-state index in [1.165, 1.54) is 25.7 Å². The summed E-state index contributed by atoms with van der Waals surface area (Å²) in [6.45, 7) is 3.86. The summed E-state index contributed by atoms with van der Waals surface area (Å²) in [5.74, 6) is 1.55. The van der Waals surface area contributed by atoms with Crippen LogP contribution in [0.2, 0.25) is 0 Å². The van der Waals surface area contributed by atoms with E-state index in [9.17, 15) is 13.2 Å². The third-order valence-corrected chi connectivity index (χ3v) is 6.88. The van der Waals surface area contributed by atoms with E-state index < -0.39 is 10.1 Å². The molecule has 2 aliphatic rings. The molecule has 1 aliphatic heterocycles. The van der Waals surface area contributed by atoms with Crippen LogP contribution in [-0.4, -0.2) is 72.3 Å². The van der Waals surface area contributed by atoms with Crippen LogP contribution in [0.4, 0.5) is 5.69 Å². The second-order valence-electron chi connectivity index (χ2n) is 9.67. The quantitative estimate of drug-likeness (QED) is 0.341. The lowest BCUT2D eigenvalue weighted by Crippen LogP contribution is -2.43. The van der Waals surface area contributed by atoms with Crippen molar-refractivity contribution >= 4 is 26.8 Å². The highest BCUT2D eigenvalue weighted by molar-refractivity contribution is 7.85. The van der Waals surface area contributed by atoms with Gasteiger partial charge in [0, 0.05) is 50.9 Å². The molecule has 0 spiro atoms. The maximum Gasteiger partial charge on any atom is 0.262 e. The monoisotopic (exact) mass is 532 g/mol. The summed E-state index contributed by atoms with van der Waals surface area (Å²) in [5, 5.41) is 8.77. The first kappa shape index (κ1) is 27.1. The summed E-state index contributed by atoms with van der Waals surface area (Å²) in [7, 11) is -0.130. The second-order valence-corrected chi connectivity index (χ2v) is 11.1. The summed E-state index contributed by atoms with van der Waals surface area (Å²) in [6, 6.07) is 6.10. The molecule has 1 saturated carbocycles. The number of aryl methyl sites for hydroxylation is 1. The van der Waals surface area contributed by atoms with Gasteiger partial charge in [0.1, 0.15) is 17.0 Å². The molecule has 1 saturated heterocycles. The first-order valence-electron chi connectivity index (χ1n) is 12.7. The van der Waals surface area contributed by atoms with Gasteiger partial charge in [0.05, 0.1) is 24.6 Å². The lowest BCUT2D eigenvalue weighted by molar-refractivity contribution is 0.416. The summed E-state index contributed by atoms with van der Waals surface area (Å²) in [6.07, 6.45) is 7.83. The molecule has 11 nitrogen and oxygen atoms in total. The van der Waals surface area contributed by atoms with Crippen molar-refractivity contribution in [2.24, 2.45) is 7.05 Å². The average molecular weight is 533 g/mol. The van der Waals surface area contributed by atoms with E-state index >= 15 is 0 Å². The number of rotatable bonds is 4. The maximum atomic E-state index is 13.2. The van der Waals surface area contributed by atoms with Crippen LogP contribution in [0.1, 0.15) is 50.1 Å². The molecule has 12 heteroatoms. The van der Waals surface area contributed by atoms with E-state index in [2.05, 4.69) is 21.3 Å². The fourth-order valence-electron chi connectivity index (χ4n) is 5.15. The average Bonchev–Trinajstić information content (AvgIpc) is 3.03. The summed E-state index contributed by atoms with van der Waals surface area (Å²) >= 11 is 0. The first-order valence-corrected chi connectivity index (χ1v) is 14.5. The SMILES string of the molecule is COc1cc(N2CCNCC2)ccc1-c1nc2c(c(C3CCCCCC3)nn2C)c(=O)[nH]1.CS(=O)(=O)O. The van der Waals surface area contributed by atoms with Crippen LogP contribution < -0.4 is 20.5 Å². The predicted molar refractivity (Wildman–Crippen MR) is 144 cm³/mol. The Hall–Kier alpha value is -2.96. The third kappa shape index (κ3) is 6.68. The Morgan fingerprint density at radius 1 is 1.11 bits per heavy atom. The molecule has 202 valence electrons. The minimum absolute atomic E-state index is 0.120. The maximum absolute atomic E-state index is 13.2. The zero-order valence-corrected chi connectivity index (χ0v) is 22.5. The Labute approximate surface area is 217 Å². The van der Waals surface area contributed by atoms with Gasteiger partial charge in [-0.05, 0) is 25.0 Å². The van der Waals surface area contributed by atoms with Gasteiger partial charge >= 0.3 is 0 Å². The van der Waals surface area contributed by atoms with Gasteiger partial charge in [-0.25, -0.2) is 9.67 Å². The van der Waals surface area contributed by atoms with E-state index in [0.29, 0.717) is 34.8 Å². The number of anilines is 1. The highest BCUT2D eigenvalue weighted by atomic mass is 32.2. The number of methoxy groups -OCH3 is 1. The minimum Gasteiger partial charge on any atom is -0.496 e. The number of nitrogens with one attached hydrogen (secondary N) is 2. The van der Waals surface area contributed by atoms with Crippen molar-refractivity contribution in [1.29, 1.82) is 0 Å². The molecule has 5 rings (SSSR count). The summed E-state index contributed by atoms with van der Waals surface area (Å²) < 4.78 is 33.3. The highest BCUT2D eigenvalue weighted by Crippen LogP contribution is 2.35. The second kappa shape index (κ2) is 11.6. The molecule has 3 N–H and O–H groups in total. The van der Waals surface area contributed by atoms with Gasteiger partial charge in [-0.1, -0.05) is 25.7 Å². The standard InChI is InChI=1S/C24H32N6O2.CH4O3S/c1-29-23-20(21(28-29)16-7-5-3-4-6-8-16)24(31)27-22(26-23)18-10-9-17(15-19(18)32-2)30-13-11-25-12-14-30;1-5(2,3)4/h9-10,15-16,25H,3-8,11-14H2,1-2H3,(H,26,27,31);1H3,(H,2,3,4). The first-order chi connectivity index (χ1) is 17.7. The van der Waals surface area contributed by atoms with E-state index in [0.717, 1.165) is 56.0 Å². The molecular formula is C25H36N6O5S. The van der Waals surface area contributed by atoms with Crippen molar-refractivity contribution in [3.8, 4) is 17.1 Å². The molecule has 3 heterocycles. The summed E-state index contributed by atoms with van der Waals surface area (Å²) in [5.41, 5.74) is 3.32. The van der Waals surface area contributed by atoms with Gasteiger partial charge in [-0.3, -0.25) is 9.35 Å². The van der Waals surface area contributed by atoms with Crippen LogP contribution in [-0.2, 0) is 17.2 Å². The smallest absolute Gasteiger partial charge is 0.262 e. The fourth-order valence-corrected chi connectivity index (χ4v) is 5.15. The van der Waals surface area contributed by atoms with E-state index in [1.807, 2.05) is 19.2 Å². The molecule has 0 radical (unpaired) electrons. The third-order valence-electron chi connectivity index (χ3n) is 6.88. The van der Waals surface area contributed by atoms with Crippen LogP contribution >= 0.6 is 0 Å². The van der Waals surface area contributed by atoms with Gasteiger partial charge in [0.25, 0.3) is 15.7 Å². The lowest BCUT2D eigenvalue weighted by Gasteiger charge is -2.29. The van der Waals surface area contributed by atoms with E-state index in [4.69, 9.17) is 19.4 Å². The number of nitrogens with zero attached hydrogens (tertiary/aromatic N) is 4. The largest absolute Gasteiger partial charge is 0.496 e. The number of piperazine rings is 1. The molecule has 0 bridgehead atoms. The number of aromatic amines is 1. The molecule has 0 atom stereocenters. The van der Waals surface area contributed by atoms with E-state index in [-0.39, 0.29) is 5.56 Å². The Balaban J connectivity index is 0.000000586. The Bertz CT molecular complexity index is 1380. The van der Waals surface area contributed by atoms with Crippen LogP contribution in [0.25, 0.3) is 22.4 Å². The zero-order chi connectivity index (χ0) is 26.6. The molecule has 1 aromatic carbocycles. The number of benzene rings is 1. The topological polar surface area (TPSA) is 142 Å². The number of ether oxygens (including phenoxy) is 1. The number of hydrogen-bond acceptors (Lipinski definition) is 8. The lowest BCUT2D eigenvalue weighted by atomic mass is 9.95. The van der Waals surface area contributed by atoms with Gasteiger partial charge in [-0.2, -0.15) is 13.5 Å². The highest BCUT2D eigenvalue weighted by Gasteiger charge is 2.24. The van der Waals surface area contributed by atoms with Crippen LogP contribution in [0.3, 0.4) is 0 Å². The van der Waals surface area contributed by atoms with Gasteiger partial charge in [-0.15, -0.1) is 0 Å². The van der Waals surface area contributed by atoms with E-state index in [1.54, 1.807) is 11.8 Å². The van der Waals surface area contributed by atoms with Gasteiger partial charge in [0.2, 0.25) is 0 Å². The molecule has 2 fully saturated rings. The molecule has 3 aromatic rings. The number of fused-ring (bicyclic) bond motifs is 1. The van der Waals surface area contributed by atoms with Crippen molar-refractivity contribution in [2.45, 2.75) is 44.4 Å². The van der Waals surface area contributed by atoms with Crippen LogP contribution in [0.5, 0.6) is 5.75 Å². The molecule has 0 unspecified atom stereocenters.